The predicted molar refractivity (Wildman–Crippen MR) is 85.7 cm³/mol. The normalized spacial score (nSPS) is 22.1. The molecule has 1 heterocycles. The predicted octanol–water partition coefficient (Wildman–Crippen LogP) is 2.11. The summed E-state index contributed by atoms with van der Waals surface area (Å²) in [7, 11) is 0. The van der Waals surface area contributed by atoms with Crippen LogP contribution >= 0.6 is 0 Å². The molecule has 1 aliphatic rings. The van der Waals surface area contributed by atoms with Crippen LogP contribution in [0.5, 0.6) is 0 Å². The molecule has 2 unspecified atom stereocenters. The molecule has 0 saturated carbocycles. The van der Waals surface area contributed by atoms with Crippen molar-refractivity contribution < 1.29 is 9.18 Å². The van der Waals surface area contributed by atoms with Gasteiger partial charge in [0.15, 0.2) is 0 Å². The van der Waals surface area contributed by atoms with Gasteiger partial charge in [0.1, 0.15) is 11.9 Å². The Morgan fingerprint density at radius 2 is 2.05 bits per heavy atom. The Morgan fingerprint density at radius 1 is 1.36 bits per heavy atom. The molecule has 1 amide bonds. The lowest BCUT2D eigenvalue weighted by Gasteiger charge is -2.26. The second-order valence-electron chi connectivity index (χ2n) is 7.01. The zero-order valence-electron chi connectivity index (χ0n) is 13.7. The molecular formula is C17H26FN3O. The summed E-state index contributed by atoms with van der Waals surface area (Å²) in [5.41, 5.74) is 6.36. The van der Waals surface area contributed by atoms with Gasteiger partial charge >= 0.3 is 0 Å². The Bertz CT molecular complexity index is 530. The molecule has 3 N–H and O–H groups in total. The van der Waals surface area contributed by atoms with E-state index >= 15 is 0 Å². The van der Waals surface area contributed by atoms with Gasteiger partial charge in [0.05, 0.1) is 0 Å². The number of benzene rings is 1. The Balaban J connectivity index is 1.92. The van der Waals surface area contributed by atoms with Gasteiger partial charge in [-0.3, -0.25) is 10.2 Å². The standard InChI is InChI=1S/C17H26FN3O/c1-11(2)14-9-15(21-20-14)16(22)19-10-17(3,4)12-7-5-6-8-13(12)18/h5-8,11,14-15,20-21H,9-10H2,1-4H3,(H,19,22). The van der Waals surface area contributed by atoms with E-state index in [1.54, 1.807) is 12.1 Å². The van der Waals surface area contributed by atoms with E-state index in [9.17, 15) is 9.18 Å². The van der Waals surface area contributed by atoms with Crippen molar-refractivity contribution in [3.8, 4) is 0 Å². The molecule has 0 aromatic heterocycles. The topological polar surface area (TPSA) is 53.2 Å². The van der Waals surface area contributed by atoms with Crippen molar-refractivity contribution in [3.05, 3.63) is 35.6 Å². The molecule has 1 saturated heterocycles. The zero-order chi connectivity index (χ0) is 16.3. The van der Waals surface area contributed by atoms with E-state index in [-0.39, 0.29) is 17.8 Å². The summed E-state index contributed by atoms with van der Waals surface area (Å²) in [6.07, 6.45) is 0.767. The highest BCUT2D eigenvalue weighted by Crippen LogP contribution is 2.25. The number of nitrogens with one attached hydrogen (secondary N) is 3. The van der Waals surface area contributed by atoms with Gasteiger partial charge in [0, 0.05) is 18.0 Å². The van der Waals surface area contributed by atoms with Gasteiger partial charge in [-0.05, 0) is 24.0 Å². The van der Waals surface area contributed by atoms with Gasteiger partial charge in [-0.15, -0.1) is 0 Å². The maximum atomic E-state index is 13.9. The summed E-state index contributed by atoms with van der Waals surface area (Å²) in [6, 6.07) is 6.78. The first kappa shape index (κ1) is 16.9. The lowest BCUT2D eigenvalue weighted by atomic mass is 9.84. The second kappa shape index (κ2) is 6.75. The van der Waals surface area contributed by atoms with Crippen LogP contribution in [0.4, 0.5) is 4.39 Å². The Kier molecular flexibility index (Phi) is 5.19. The van der Waals surface area contributed by atoms with Crippen molar-refractivity contribution in [3.63, 3.8) is 0 Å². The first-order valence-electron chi connectivity index (χ1n) is 7.85. The molecule has 5 heteroatoms. The van der Waals surface area contributed by atoms with Crippen LogP contribution in [0.15, 0.2) is 24.3 Å². The third kappa shape index (κ3) is 3.84. The summed E-state index contributed by atoms with van der Waals surface area (Å²) in [4.78, 5) is 12.3. The largest absolute Gasteiger partial charge is 0.354 e. The second-order valence-corrected chi connectivity index (χ2v) is 7.01. The van der Waals surface area contributed by atoms with Gasteiger partial charge in [0.25, 0.3) is 0 Å². The summed E-state index contributed by atoms with van der Waals surface area (Å²) < 4.78 is 13.9. The smallest absolute Gasteiger partial charge is 0.238 e. The zero-order valence-corrected chi connectivity index (χ0v) is 13.7. The molecule has 1 aliphatic heterocycles. The fourth-order valence-corrected chi connectivity index (χ4v) is 2.73. The van der Waals surface area contributed by atoms with E-state index in [1.807, 2.05) is 19.9 Å². The van der Waals surface area contributed by atoms with E-state index in [0.717, 1.165) is 6.42 Å². The summed E-state index contributed by atoms with van der Waals surface area (Å²) >= 11 is 0. The van der Waals surface area contributed by atoms with Gasteiger partial charge in [-0.1, -0.05) is 45.9 Å². The van der Waals surface area contributed by atoms with E-state index in [4.69, 9.17) is 0 Å². The van der Waals surface area contributed by atoms with Gasteiger partial charge in [0.2, 0.25) is 5.91 Å². The van der Waals surface area contributed by atoms with Gasteiger partial charge < -0.3 is 5.32 Å². The van der Waals surface area contributed by atoms with Gasteiger partial charge in [-0.2, -0.15) is 0 Å². The van der Waals surface area contributed by atoms with Crippen LogP contribution in [-0.4, -0.2) is 24.5 Å². The van der Waals surface area contributed by atoms with Crippen LogP contribution in [0.2, 0.25) is 0 Å². The molecule has 2 atom stereocenters. The molecule has 0 radical (unpaired) electrons. The van der Waals surface area contributed by atoms with E-state index in [2.05, 4.69) is 30.0 Å². The number of carbonyl (C=O) groups excluding carboxylic acids is 1. The minimum absolute atomic E-state index is 0.0416. The molecule has 1 aromatic rings. The molecule has 0 spiro atoms. The first-order chi connectivity index (χ1) is 10.3. The van der Waals surface area contributed by atoms with Crippen LogP contribution in [0.1, 0.15) is 39.7 Å². The number of hydrogen-bond donors (Lipinski definition) is 3. The van der Waals surface area contributed by atoms with Crippen LogP contribution in [0.3, 0.4) is 0 Å². The number of rotatable bonds is 5. The van der Waals surface area contributed by atoms with Crippen molar-refractivity contribution in [1.82, 2.24) is 16.2 Å². The number of hydrogen-bond acceptors (Lipinski definition) is 3. The molecule has 2 rings (SSSR count). The van der Waals surface area contributed by atoms with Crippen molar-refractivity contribution in [2.75, 3.05) is 6.54 Å². The molecule has 22 heavy (non-hydrogen) atoms. The van der Waals surface area contributed by atoms with Crippen LogP contribution in [-0.2, 0) is 10.2 Å². The molecular weight excluding hydrogens is 281 g/mol. The van der Waals surface area contributed by atoms with Gasteiger partial charge in [-0.25, -0.2) is 9.82 Å². The van der Waals surface area contributed by atoms with Crippen LogP contribution < -0.4 is 16.2 Å². The maximum absolute atomic E-state index is 13.9. The number of hydrazine groups is 1. The average molecular weight is 307 g/mol. The SMILES string of the molecule is CC(C)C1CC(C(=O)NCC(C)(C)c2ccccc2F)NN1. The quantitative estimate of drug-likeness (QED) is 0.781. The highest BCUT2D eigenvalue weighted by atomic mass is 19.1. The minimum Gasteiger partial charge on any atom is -0.354 e. The molecule has 122 valence electrons. The lowest BCUT2D eigenvalue weighted by Crippen LogP contribution is -2.47. The van der Waals surface area contributed by atoms with E-state index in [0.29, 0.717) is 24.1 Å². The average Bonchev–Trinajstić information content (AvgIpc) is 2.95. The van der Waals surface area contributed by atoms with Crippen molar-refractivity contribution in [2.24, 2.45) is 5.92 Å². The highest BCUT2D eigenvalue weighted by molar-refractivity contribution is 5.82. The lowest BCUT2D eigenvalue weighted by molar-refractivity contribution is -0.123. The van der Waals surface area contributed by atoms with E-state index in [1.165, 1.54) is 6.07 Å². The number of carbonyl (C=O) groups is 1. The monoisotopic (exact) mass is 307 g/mol. The van der Waals surface area contributed by atoms with Crippen molar-refractivity contribution >= 4 is 5.91 Å². The molecule has 1 fully saturated rings. The molecule has 4 nitrogen and oxygen atoms in total. The Labute approximate surface area is 131 Å². The molecule has 1 aromatic carbocycles. The third-order valence-electron chi connectivity index (χ3n) is 4.36. The minimum atomic E-state index is -0.454. The molecule has 0 bridgehead atoms. The fourth-order valence-electron chi connectivity index (χ4n) is 2.73. The summed E-state index contributed by atoms with van der Waals surface area (Å²) in [6.45, 7) is 8.52. The maximum Gasteiger partial charge on any atom is 0.238 e. The van der Waals surface area contributed by atoms with Crippen LogP contribution in [0, 0.1) is 11.7 Å². The number of halogens is 1. The Hall–Kier alpha value is -1.46. The highest BCUT2D eigenvalue weighted by Gasteiger charge is 2.32. The van der Waals surface area contributed by atoms with Crippen molar-refractivity contribution in [2.45, 2.75) is 51.6 Å². The number of amides is 1. The summed E-state index contributed by atoms with van der Waals surface area (Å²) in [5.74, 6) is 0.197. The summed E-state index contributed by atoms with van der Waals surface area (Å²) in [5, 5.41) is 2.94. The fraction of sp³-hybridized carbons (Fsp3) is 0.588. The Morgan fingerprint density at radius 3 is 2.64 bits per heavy atom. The van der Waals surface area contributed by atoms with Crippen LogP contribution in [0.25, 0.3) is 0 Å². The molecule has 0 aliphatic carbocycles. The first-order valence-corrected chi connectivity index (χ1v) is 7.85. The third-order valence-corrected chi connectivity index (χ3v) is 4.36. The van der Waals surface area contributed by atoms with Crippen molar-refractivity contribution in [1.29, 1.82) is 0 Å². The van der Waals surface area contributed by atoms with E-state index < -0.39 is 5.41 Å².